The largest absolute Gasteiger partial charge is 0.396 e. The minimum absolute atomic E-state index is 0.0409. The molecular weight excluding hydrogens is 290 g/mol. The van der Waals surface area contributed by atoms with Crippen LogP contribution in [0.1, 0.15) is 29.9 Å². The molecule has 5 heteroatoms. The lowest BCUT2D eigenvalue weighted by molar-refractivity contribution is 0.0698. The van der Waals surface area contributed by atoms with Gasteiger partial charge in [0.05, 0.1) is 8.66 Å². The zero-order chi connectivity index (χ0) is 12.1. The standard InChI is InChI=1S/C11H16BrNO2S/c1-8(2)13(6-3-7-14)11(15)9-4-5-10(12)16-9/h4-5,8,14H,3,6-7H2,1-2H3. The molecule has 1 aromatic heterocycles. The van der Waals surface area contributed by atoms with Gasteiger partial charge in [0.2, 0.25) is 0 Å². The van der Waals surface area contributed by atoms with Gasteiger partial charge in [-0.2, -0.15) is 0 Å². The molecule has 0 aliphatic rings. The van der Waals surface area contributed by atoms with Crippen molar-refractivity contribution in [2.45, 2.75) is 26.3 Å². The average Bonchev–Trinajstić information content (AvgIpc) is 2.64. The Morgan fingerprint density at radius 2 is 2.25 bits per heavy atom. The average molecular weight is 306 g/mol. The first-order valence-corrected chi connectivity index (χ1v) is 6.84. The third kappa shape index (κ3) is 3.57. The fraction of sp³-hybridized carbons (Fsp3) is 0.545. The summed E-state index contributed by atoms with van der Waals surface area (Å²) in [5, 5.41) is 8.81. The van der Waals surface area contributed by atoms with Crippen LogP contribution in [0.15, 0.2) is 15.9 Å². The van der Waals surface area contributed by atoms with Crippen LogP contribution in [0, 0.1) is 0 Å². The second kappa shape index (κ2) is 6.37. The first-order valence-electron chi connectivity index (χ1n) is 5.23. The van der Waals surface area contributed by atoms with Gasteiger partial charge < -0.3 is 10.0 Å². The fourth-order valence-electron chi connectivity index (χ4n) is 1.41. The second-order valence-corrected chi connectivity index (χ2v) is 6.24. The smallest absolute Gasteiger partial charge is 0.264 e. The molecule has 0 bridgehead atoms. The third-order valence-corrected chi connectivity index (χ3v) is 3.84. The zero-order valence-electron chi connectivity index (χ0n) is 9.44. The van der Waals surface area contributed by atoms with E-state index < -0.39 is 0 Å². The quantitative estimate of drug-likeness (QED) is 0.908. The molecule has 0 aliphatic carbocycles. The third-order valence-electron chi connectivity index (χ3n) is 2.23. The maximum atomic E-state index is 12.1. The summed E-state index contributed by atoms with van der Waals surface area (Å²) in [6.07, 6.45) is 0.621. The van der Waals surface area contributed by atoms with E-state index in [1.54, 1.807) is 4.90 Å². The van der Waals surface area contributed by atoms with Gasteiger partial charge in [0.15, 0.2) is 0 Å². The summed E-state index contributed by atoms with van der Waals surface area (Å²) in [5.74, 6) is 0.0409. The summed E-state index contributed by atoms with van der Waals surface area (Å²) >= 11 is 4.79. The normalized spacial score (nSPS) is 10.8. The van der Waals surface area contributed by atoms with Gasteiger partial charge in [0.25, 0.3) is 5.91 Å². The zero-order valence-corrected chi connectivity index (χ0v) is 11.8. The highest BCUT2D eigenvalue weighted by molar-refractivity contribution is 9.11. The van der Waals surface area contributed by atoms with Gasteiger partial charge in [0, 0.05) is 19.2 Å². The Kier molecular flexibility index (Phi) is 5.44. The fourth-order valence-corrected chi connectivity index (χ4v) is 2.75. The molecule has 1 heterocycles. The minimum Gasteiger partial charge on any atom is -0.396 e. The number of hydrogen-bond donors (Lipinski definition) is 1. The summed E-state index contributed by atoms with van der Waals surface area (Å²) in [6.45, 7) is 4.68. The topological polar surface area (TPSA) is 40.5 Å². The lowest BCUT2D eigenvalue weighted by Gasteiger charge is -2.25. The lowest BCUT2D eigenvalue weighted by atomic mass is 10.2. The molecule has 0 aromatic carbocycles. The first kappa shape index (κ1) is 13.7. The Hall–Kier alpha value is -0.390. The number of carbonyl (C=O) groups is 1. The summed E-state index contributed by atoms with van der Waals surface area (Å²) in [5.41, 5.74) is 0. The van der Waals surface area contributed by atoms with E-state index in [1.807, 2.05) is 26.0 Å². The predicted molar refractivity (Wildman–Crippen MR) is 69.9 cm³/mol. The van der Waals surface area contributed by atoms with Gasteiger partial charge in [-0.05, 0) is 48.3 Å². The molecule has 0 saturated carbocycles. The molecule has 1 rings (SSSR count). The Morgan fingerprint density at radius 3 is 2.69 bits per heavy atom. The molecule has 1 N–H and O–H groups in total. The highest BCUT2D eigenvalue weighted by atomic mass is 79.9. The highest BCUT2D eigenvalue weighted by Crippen LogP contribution is 2.23. The van der Waals surface area contributed by atoms with Crippen LogP contribution in [-0.2, 0) is 0 Å². The number of rotatable bonds is 5. The minimum atomic E-state index is 0.0409. The van der Waals surface area contributed by atoms with Gasteiger partial charge in [-0.3, -0.25) is 4.79 Å². The van der Waals surface area contributed by atoms with Crippen LogP contribution in [-0.4, -0.2) is 35.1 Å². The Morgan fingerprint density at radius 1 is 1.56 bits per heavy atom. The number of nitrogens with zero attached hydrogens (tertiary/aromatic N) is 1. The van der Waals surface area contributed by atoms with Gasteiger partial charge >= 0.3 is 0 Å². The lowest BCUT2D eigenvalue weighted by Crippen LogP contribution is -2.37. The summed E-state index contributed by atoms with van der Waals surface area (Å²) < 4.78 is 0.960. The van der Waals surface area contributed by atoms with Gasteiger partial charge in [-0.1, -0.05) is 0 Å². The highest BCUT2D eigenvalue weighted by Gasteiger charge is 2.19. The number of aliphatic hydroxyl groups excluding tert-OH is 1. The van der Waals surface area contributed by atoms with Crippen molar-refractivity contribution in [3.8, 4) is 0 Å². The van der Waals surface area contributed by atoms with Crippen molar-refractivity contribution >= 4 is 33.2 Å². The van der Waals surface area contributed by atoms with Crippen LogP contribution in [0.4, 0.5) is 0 Å². The van der Waals surface area contributed by atoms with Gasteiger partial charge in [-0.25, -0.2) is 0 Å². The number of thiophene rings is 1. The van der Waals surface area contributed by atoms with E-state index in [4.69, 9.17) is 5.11 Å². The van der Waals surface area contributed by atoms with Crippen molar-refractivity contribution < 1.29 is 9.90 Å². The first-order chi connectivity index (χ1) is 7.56. The van der Waals surface area contributed by atoms with Gasteiger partial charge in [0.1, 0.15) is 0 Å². The molecule has 0 aliphatic heterocycles. The molecule has 90 valence electrons. The van der Waals surface area contributed by atoms with Crippen LogP contribution >= 0.6 is 27.3 Å². The van der Waals surface area contributed by atoms with E-state index in [1.165, 1.54) is 11.3 Å². The van der Waals surface area contributed by atoms with Crippen LogP contribution < -0.4 is 0 Å². The van der Waals surface area contributed by atoms with Crippen LogP contribution in [0.25, 0.3) is 0 Å². The molecule has 0 unspecified atom stereocenters. The van der Waals surface area contributed by atoms with Crippen LogP contribution in [0.2, 0.25) is 0 Å². The SMILES string of the molecule is CC(C)N(CCCO)C(=O)c1ccc(Br)s1. The molecule has 0 fully saturated rings. The van der Waals surface area contributed by atoms with E-state index in [0.29, 0.717) is 13.0 Å². The van der Waals surface area contributed by atoms with Crippen molar-refractivity contribution in [2.75, 3.05) is 13.2 Å². The Balaban J connectivity index is 2.74. The van der Waals surface area contributed by atoms with Crippen molar-refractivity contribution in [1.82, 2.24) is 4.90 Å². The number of amides is 1. The second-order valence-electron chi connectivity index (χ2n) is 3.77. The molecule has 1 aromatic rings. The van der Waals surface area contributed by atoms with Crippen molar-refractivity contribution in [2.24, 2.45) is 0 Å². The molecule has 1 amide bonds. The van der Waals surface area contributed by atoms with E-state index in [0.717, 1.165) is 8.66 Å². The maximum absolute atomic E-state index is 12.1. The van der Waals surface area contributed by atoms with Crippen molar-refractivity contribution in [1.29, 1.82) is 0 Å². The van der Waals surface area contributed by atoms with Crippen LogP contribution in [0.5, 0.6) is 0 Å². The predicted octanol–water partition coefficient (Wildman–Crippen LogP) is 2.74. The number of halogens is 1. The van der Waals surface area contributed by atoms with E-state index >= 15 is 0 Å². The van der Waals surface area contributed by atoms with Crippen molar-refractivity contribution in [3.05, 3.63) is 20.8 Å². The number of hydrogen-bond acceptors (Lipinski definition) is 3. The Bertz CT molecular complexity index is 352. The summed E-state index contributed by atoms with van der Waals surface area (Å²) in [6, 6.07) is 3.85. The van der Waals surface area contributed by atoms with E-state index in [2.05, 4.69) is 15.9 Å². The van der Waals surface area contributed by atoms with E-state index in [9.17, 15) is 4.79 Å². The molecular formula is C11H16BrNO2S. The molecule has 0 atom stereocenters. The summed E-state index contributed by atoms with van der Waals surface area (Å²) in [4.78, 5) is 14.7. The monoisotopic (exact) mass is 305 g/mol. The molecule has 3 nitrogen and oxygen atoms in total. The van der Waals surface area contributed by atoms with Crippen LogP contribution in [0.3, 0.4) is 0 Å². The summed E-state index contributed by atoms with van der Waals surface area (Å²) in [7, 11) is 0. The number of carbonyl (C=O) groups excluding carboxylic acids is 1. The Labute approximate surface area is 108 Å². The van der Waals surface area contributed by atoms with E-state index in [-0.39, 0.29) is 18.6 Å². The van der Waals surface area contributed by atoms with Gasteiger partial charge in [-0.15, -0.1) is 11.3 Å². The number of aliphatic hydroxyl groups is 1. The molecule has 16 heavy (non-hydrogen) atoms. The maximum Gasteiger partial charge on any atom is 0.264 e. The molecule has 0 saturated heterocycles. The molecule has 0 spiro atoms. The van der Waals surface area contributed by atoms with Crippen molar-refractivity contribution in [3.63, 3.8) is 0 Å². The molecule has 0 radical (unpaired) electrons.